The van der Waals surface area contributed by atoms with Gasteiger partial charge in [-0.25, -0.2) is 13.1 Å². The van der Waals surface area contributed by atoms with E-state index in [-0.39, 0.29) is 23.8 Å². The van der Waals surface area contributed by atoms with Crippen LogP contribution in [0.15, 0.2) is 48.5 Å². The maximum Gasteiger partial charge on any atom is 0.304 e. The van der Waals surface area contributed by atoms with Crippen molar-refractivity contribution in [2.75, 3.05) is 24.9 Å². The Balaban J connectivity index is 2.46. The summed E-state index contributed by atoms with van der Waals surface area (Å²) in [6.07, 6.45) is 0.666. The molecule has 0 saturated heterocycles. The lowest BCUT2D eigenvalue weighted by Gasteiger charge is -2.33. The molecule has 0 saturated carbocycles. The third-order valence-corrected chi connectivity index (χ3v) is 7.42. The Kier molecular flexibility index (Phi) is 9.73. The van der Waals surface area contributed by atoms with Gasteiger partial charge in [0.15, 0.2) is 0 Å². The molecule has 0 aliphatic rings. The van der Waals surface area contributed by atoms with Gasteiger partial charge in [-0.15, -0.1) is 0 Å². The average Bonchev–Trinajstić information content (AvgIpc) is 2.81. The van der Waals surface area contributed by atoms with Gasteiger partial charge in [-0.05, 0) is 50.6 Å². The molecule has 0 spiro atoms. The average molecular weight is 511 g/mol. The molecule has 8 nitrogen and oxygen atoms in total. The molecule has 2 aromatic carbocycles. The highest BCUT2D eigenvalue weighted by molar-refractivity contribution is 7.90. The van der Waals surface area contributed by atoms with Gasteiger partial charge in [0.1, 0.15) is 24.2 Å². The highest BCUT2D eigenvalue weighted by Crippen LogP contribution is 2.21. The van der Waals surface area contributed by atoms with E-state index in [1.807, 2.05) is 13.8 Å². The van der Waals surface area contributed by atoms with Crippen LogP contribution in [0.1, 0.15) is 32.8 Å². The largest absolute Gasteiger partial charge is 0.352 e. The fourth-order valence-electron chi connectivity index (χ4n) is 3.18. The van der Waals surface area contributed by atoms with E-state index in [4.69, 9.17) is 0 Å². The van der Waals surface area contributed by atoms with Crippen LogP contribution in [0, 0.1) is 11.6 Å². The van der Waals surface area contributed by atoms with Gasteiger partial charge < -0.3 is 10.2 Å². The highest BCUT2D eigenvalue weighted by atomic mass is 32.2. The van der Waals surface area contributed by atoms with Crippen LogP contribution in [-0.2, 0) is 26.3 Å². The molecule has 2 aromatic rings. The molecule has 35 heavy (non-hydrogen) atoms. The van der Waals surface area contributed by atoms with Gasteiger partial charge in [-0.2, -0.15) is 12.7 Å². The zero-order valence-corrected chi connectivity index (χ0v) is 21.4. The third-order valence-electron chi connectivity index (χ3n) is 5.60. The number of carbonyl (C=O) groups excluding carboxylic acids is 2. The lowest BCUT2D eigenvalue weighted by molar-refractivity contribution is -0.139. The number of hydrogen-bond acceptors (Lipinski definition) is 4. The molecule has 192 valence electrons. The fourth-order valence-corrected chi connectivity index (χ4v) is 4.24. The van der Waals surface area contributed by atoms with Gasteiger partial charge in [-0.1, -0.05) is 25.1 Å². The number of hydrogen-bond donors (Lipinski definition) is 1. The summed E-state index contributed by atoms with van der Waals surface area (Å²) < 4.78 is 55.7. The van der Waals surface area contributed by atoms with Crippen LogP contribution in [0.25, 0.3) is 0 Å². The molecule has 0 aromatic heterocycles. The van der Waals surface area contributed by atoms with E-state index in [1.165, 1.54) is 51.4 Å². The first-order chi connectivity index (χ1) is 16.4. The van der Waals surface area contributed by atoms with Crippen LogP contribution >= 0.6 is 0 Å². The molecule has 0 aliphatic heterocycles. The summed E-state index contributed by atoms with van der Waals surface area (Å²) in [6, 6.07) is 9.30. The zero-order valence-electron chi connectivity index (χ0n) is 20.5. The number of amides is 2. The van der Waals surface area contributed by atoms with E-state index >= 15 is 0 Å². The summed E-state index contributed by atoms with van der Waals surface area (Å²) in [5, 5.41) is 2.80. The number of rotatable bonds is 11. The van der Waals surface area contributed by atoms with Crippen molar-refractivity contribution in [3.05, 3.63) is 65.7 Å². The van der Waals surface area contributed by atoms with Crippen molar-refractivity contribution in [2.45, 2.75) is 45.8 Å². The van der Waals surface area contributed by atoms with Crippen molar-refractivity contribution in [2.24, 2.45) is 0 Å². The Hall–Kier alpha value is -3.05. The quantitative estimate of drug-likeness (QED) is 0.503. The Morgan fingerprint density at radius 1 is 1.00 bits per heavy atom. The summed E-state index contributed by atoms with van der Waals surface area (Å²) in [6.45, 7) is 4.28. The molecular weight excluding hydrogens is 478 g/mol. The van der Waals surface area contributed by atoms with E-state index < -0.39 is 46.2 Å². The molecule has 1 N–H and O–H groups in total. The van der Waals surface area contributed by atoms with E-state index in [0.29, 0.717) is 6.42 Å². The van der Waals surface area contributed by atoms with Crippen LogP contribution in [0.4, 0.5) is 14.5 Å². The van der Waals surface area contributed by atoms with Crippen molar-refractivity contribution >= 4 is 27.7 Å². The van der Waals surface area contributed by atoms with E-state index in [9.17, 15) is 26.8 Å². The Morgan fingerprint density at radius 3 is 2.14 bits per heavy atom. The lowest BCUT2D eigenvalue weighted by atomic mass is 10.1. The Labute approximate surface area is 205 Å². The minimum absolute atomic E-state index is 0.0657. The third kappa shape index (κ3) is 7.22. The van der Waals surface area contributed by atoms with E-state index in [1.54, 1.807) is 6.07 Å². The van der Waals surface area contributed by atoms with Crippen LogP contribution < -0.4 is 9.62 Å². The number of anilines is 1. The van der Waals surface area contributed by atoms with Gasteiger partial charge in [0.25, 0.3) is 0 Å². The van der Waals surface area contributed by atoms with Crippen LogP contribution in [0.5, 0.6) is 0 Å². The summed E-state index contributed by atoms with van der Waals surface area (Å²) in [5.74, 6) is -2.31. The van der Waals surface area contributed by atoms with Crippen molar-refractivity contribution in [3.63, 3.8) is 0 Å². The number of nitrogens with zero attached hydrogens (tertiary/aromatic N) is 3. The minimum Gasteiger partial charge on any atom is -0.352 e. The standard InChI is InChI=1S/C24H32F2N4O4S/c1-6-17(2)27-24(32)18(3)29(15-19-9-7-8-10-22(19)26)23(31)16-30(35(33,34)28(4)5)21-13-11-20(25)12-14-21/h7-14,17-18H,6,15-16H2,1-5H3,(H,27,32). The van der Waals surface area contributed by atoms with Crippen molar-refractivity contribution in [1.82, 2.24) is 14.5 Å². The van der Waals surface area contributed by atoms with Gasteiger partial charge in [0.05, 0.1) is 5.69 Å². The highest BCUT2D eigenvalue weighted by Gasteiger charge is 2.33. The number of nitrogens with one attached hydrogen (secondary N) is 1. The molecule has 0 fully saturated rings. The second-order valence-corrected chi connectivity index (χ2v) is 10.4. The van der Waals surface area contributed by atoms with Crippen LogP contribution in [0.3, 0.4) is 0 Å². The molecule has 2 rings (SSSR count). The molecule has 2 amide bonds. The normalized spacial score (nSPS) is 13.3. The molecule has 0 radical (unpaired) electrons. The second-order valence-electron chi connectivity index (χ2n) is 8.38. The molecule has 2 unspecified atom stereocenters. The Morgan fingerprint density at radius 2 is 1.60 bits per heavy atom. The summed E-state index contributed by atoms with van der Waals surface area (Å²) in [5.41, 5.74) is 0.240. The first-order valence-electron chi connectivity index (χ1n) is 11.2. The topological polar surface area (TPSA) is 90.0 Å². The van der Waals surface area contributed by atoms with Gasteiger partial charge in [0.2, 0.25) is 11.8 Å². The molecule has 2 atom stereocenters. The summed E-state index contributed by atoms with van der Waals surface area (Å²) in [7, 11) is -1.56. The van der Waals surface area contributed by atoms with Gasteiger partial charge in [-0.3, -0.25) is 9.59 Å². The molecule has 11 heteroatoms. The lowest BCUT2D eigenvalue weighted by Crippen LogP contribution is -2.53. The second kappa shape index (κ2) is 12.1. The molecular formula is C24H32F2N4O4S. The molecule has 0 aliphatic carbocycles. The number of benzene rings is 2. The summed E-state index contributed by atoms with van der Waals surface area (Å²) in [4.78, 5) is 27.5. The van der Waals surface area contributed by atoms with Crippen molar-refractivity contribution < 1.29 is 26.8 Å². The van der Waals surface area contributed by atoms with Gasteiger partial charge >= 0.3 is 10.2 Å². The van der Waals surface area contributed by atoms with Crippen LogP contribution in [0.2, 0.25) is 0 Å². The maximum atomic E-state index is 14.4. The molecule has 0 heterocycles. The van der Waals surface area contributed by atoms with E-state index in [2.05, 4.69) is 5.32 Å². The first kappa shape index (κ1) is 28.2. The maximum absolute atomic E-state index is 14.4. The predicted molar refractivity (Wildman–Crippen MR) is 131 cm³/mol. The predicted octanol–water partition coefficient (Wildman–Crippen LogP) is 2.91. The Bertz CT molecular complexity index is 1130. The summed E-state index contributed by atoms with van der Waals surface area (Å²) >= 11 is 0. The smallest absolute Gasteiger partial charge is 0.304 e. The first-order valence-corrected chi connectivity index (χ1v) is 12.6. The van der Waals surface area contributed by atoms with Crippen molar-refractivity contribution in [3.8, 4) is 0 Å². The number of halogens is 2. The minimum atomic E-state index is -4.16. The van der Waals surface area contributed by atoms with Crippen molar-refractivity contribution in [1.29, 1.82) is 0 Å². The zero-order chi connectivity index (χ0) is 26.3. The SMILES string of the molecule is CCC(C)NC(=O)C(C)N(Cc1ccccc1F)C(=O)CN(c1ccc(F)cc1)S(=O)(=O)N(C)C. The van der Waals surface area contributed by atoms with Crippen LogP contribution in [-0.4, -0.2) is 62.2 Å². The number of carbonyl (C=O) groups is 2. The van der Waals surface area contributed by atoms with E-state index in [0.717, 1.165) is 25.6 Å². The monoisotopic (exact) mass is 510 g/mol. The van der Waals surface area contributed by atoms with Gasteiger partial charge in [0, 0.05) is 32.2 Å². The fraction of sp³-hybridized carbons (Fsp3) is 0.417. The molecule has 0 bridgehead atoms.